The zero-order chi connectivity index (χ0) is 11.2. The van der Waals surface area contributed by atoms with Gasteiger partial charge in [0.25, 0.3) is 0 Å². The van der Waals surface area contributed by atoms with Crippen LogP contribution in [-0.2, 0) is 4.74 Å². The van der Waals surface area contributed by atoms with Crippen molar-refractivity contribution in [3.63, 3.8) is 0 Å². The zero-order valence-corrected chi connectivity index (χ0v) is 9.82. The average molecular weight is 223 g/mol. The monoisotopic (exact) mass is 223 g/mol. The summed E-state index contributed by atoms with van der Waals surface area (Å²) >= 11 is 0. The number of nitriles is 1. The van der Waals surface area contributed by atoms with Gasteiger partial charge in [0.05, 0.1) is 19.2 Å². The fourth-order valence-electron chi connectivity index (χ4n) is 2.56. The van der Waals surface area contributed by atoms with Crippen molar-refractivity contribution in [2.75, 3.05) is 32.8 Å². The first-order valence-electron chi connectivity index (χ1n) is 6.31. The van der Waals surface area contributed by atoms with Gasteiger partial charge in [-0.15, -0.1) is 0 Å². The first kappa shape index (κ1) is 11.8. The molecule has 0 amide bonds. The lowest BCUT2D eigenvalue weighted by molar-refractivity contribution is 0.0618. The molecule has 16 heavy (non-hydrogen) atoms. The SMILES string of the molecule is N#CCN1CCC(NC2CCCOC2)CC1. The van der Waals surface area contributed by atoms with Gasteiger partial charge in [0.2, 0.25) is 0 Å². The van der Waals surface area contributed by atoms with Crippen LogP contribution in [0.5, 0.6) is 0 Å². The summed E-state index contributed by atoms with van der Waals surface area (Å²) in [5.74, 6) is 0. The Hall–Kier alpha value is -0.630. The van der Waals surface area contributed by atoms with E-state index in [-0.39, 0.29) is 0 Å². The third-order valence-electron chi connectivity index (χ3n) is 3.51. The quantitative estimate of drug-likeness (QED) is 0.717. The van der Waals surface area contributed by atoms with Crippen molar-refractivity contribution in [1.82, 2.24) is 10.2 Å². The molecule has 2 saturated heterocycles. The molecule has 0 aromatic heterocycles. The van der Waals surface area contributed by atoms with Crippen molar-refractivity contribution in [2.45, 2.75) is 37.8 Å². The Morgan fingerprint density at radius 2 is 2.06 bits per heavy atom. The second-order valence-corrected chi connectivity index (χ2v) is 4.79. The molecule has 2 fully saturated rings. The van der Waals surface area contributed by atoms with E-state index in [4.69, 9.17) is 10.00 Å². The molecule has 1 atom stereocenters. The van der Waals surface area contributed by atoms with Crippen LogP contribution in [0.3, 0.4) is 0 Å². The lowest BCUT2D eigenvalue weighted by Crippen LogP contribution is -2.48. The summed E-state index contributed by atoms with van der Waals surface area (Å²) in [5, 5.41) is 12.3. The summed E-state index contributed by atoms with van der Waals surface area (Å²) in [6.45, 7) is 4.49. The summed E-state index contributed by atoms with van der Waals surface area (Å²) in [5.41, 5.74) is 0. The van der Waals surface area contributed by atoms with Gasteiger partial charge >= 0.3 is 0 Å². The molecule has 1 unspecified atom stereocenters. The molecule has 1 N–H and O–H groups in total. The van der Waals surface area contributed by atoms with Gasteiger partial charge in [-0.25, -0.2) is 0 Å². The van der Waals surface area contributed by atoms with Crippen LogP contribution in [0.1, 0.15) is 25.7 Å². The molecule has 2 rings (SSSR count). The van der Waals surface area contributed by atoms with Crippen LogP contribution in [0.15, 0.2) is 0 Å². The number of piperidine rings is 1. The fourth-order valence-corrected chi connectivity index (χ4v) is 2.56. The molecular weight excluding hydrogens is 202 g/mol. The van der Waals surface area contributed by atoms with E-state index < -0.39 is 0 Å². The van der Waals surface area contributed by atoms with Crippen molar-refractivity contribution in [2.24, 2.45) is 0 Å². The lowest BCUT2D eigenvalue weighted by atomic mass is 10.0. The Labute approximate surface area is 97.6 Å². The largest absolute Gasteiger partial charge is 0.380 e. The zero-order valence-electron chi connectivity index (χ0n) is 9.82. The van der Waals surface area contributed by atoms with Gasteiger partial charge in [-0.3, -0.25) is 4.90 Å². The van der Waals surface area contributed by atoms with Crippen LogP contribution in [-0.4, -0.2) is 49.8 Å². The van der Waals surface area contributed by atoms with E-state index in [0.29, 0.717) is 18.6 Å². The van der Waals surface area contributed by atoms with Gasteiger partial charge in [0.15, 0.2) is 0 Å². The van der Waals surface area contributed by atoms with Gasteiger partial charge in [-0.2, -0.15) is 5.26 Å². The van der Waals surface area contributed by atoms with Crippen LogP contribution in [0.4, 0.5) is 0 Å². The summed E-state index contributed by atoms with van der Waals surface area (Å²) in [7, 11) is 0. The van der Waals surface area contributed by atoms with E-state index in [9.17, 15) is 0 Å². The third-order valence-corrected chi connectivity index (χ3v) is 3.51. The predicted octanol–water partition coefficient (Wildman–Crippen LogP) is 0.743. The van der Waals surface area contributed by atoms with Gasteiger partial charge in [0, 0.05) is 31.8 Å². The highest BCUT2D eigenvalue weighted by Gasteiger charge is 2.22. The molecule has 4 heteroatoms. The highest BCUT2D eigenvalue weighted by molar-refractivity contribution is 4.85. The van der Waals surface area contributed by atoms with E-state index in [1.807, 2.05) is 0 Å². The van der Waals surface area contributed by atoms with Gasteiger partial charge in [-0.05, 0) is 25.7 Å². The van der Waals surface area contributed by atoms with E-state index in [2.05, 4.69) is 16.3 Å². The minimum Gasteiger partial charge on any atom is -0.380 e. The summed E-state index contributed by atoms with van der Waals surface area (Å²) in [6.07, 6.45) is 4.76. The Kier molecular flexibility index (Phi) is 4.58. The minimum absolute atomic E-state index is 0.557. The van der Waals surface area contributed by atoms with Crippen LogP contribution < -0.4 is 5.32 Å². The average Bonchev–Trinajstić information content (AvgIpc) is 2.33. The van der Waals surface area contributed by atoms with Crippen molar-refractivity contribution in [3.8, 4) is 6.07 Å². The first-order valence-corrected chi connectivity index (χ1v) is 6.31. The second kappa shape index (κ2) is 6.19. The fraction of sp³-hybridized carbons (Fsp3) is 0.917. The van der Waals surface area contributed by atoms with E-state index >= 15 is 0 Å². The maximum Gasteiger partial charge on any atom is 0.0866 e. The van der Waals surface area contributed by atoms with Crippen molar-refractivity contribution in [1.29, 1.82) is 5.26 Å². The molecule has 0 saturated carbocycles. The lowest BCUT2D eigenvalue weighted by Gasteiger charge is -2.34. The van der Waals surface area contributed by atoms with Crippen molar-refractivity contribution >= 4 is 0 Å². The Balaban J connectivity index is 1.66. The van der Waals surface area contributed by atoms with Crippen LogP contribution in [0.25, 0.3) is 0 Å². The standard InChI is InChI=1S/C12H21N3O/c13-5-8-15-6-3-11(4-7-15)14-12-2-1-9-16-10-12/h11-12,14H,1-4,6-10H2. The molecule has 2 aliphatic heterocycles. The number of hydrogen-bond donors (Lipinski definition) is 1. The molecule has 0 aromatic carbocycles. The smallest absolute Gasteiger partial charge is 0.0866 e. The molecule has 2 aliphatic rings. The molecule has 0 bridgehead atoms. The number of hydrogen-bond acceptors (Lipinski definition) is 4. The van der Waals surface area contributed by atoms with Gasteiger partial charge < -0.3 is 10.1 Å². The van der Waals surface area contributed by atoms with E-state index in [0.717, 1.165) is 39.1 Å². The normalized spacial score (nSPS) is 28.8. The molecule has 0 aliphatic carbocycles. The Morgan fingerprint density at radius 3 is 2.69 bits per heavy atom. The molecule has 0 aromatic rings. The molecule has 90 valence electrons. The molecular formula is C12H21N3O. The third kappa shape index (κ3) is 3.44. The summed E-state index contributed by atoms with van der Waals surface area (Å²) in [6, 6.07) is 3.40. The Bertz CT molecular complexity index is 237. The highest BCUT2D eigenvalue weighted by Crippen LogP contribution is 2.13. The predicted molar refractivity (Wildman–Crippen MR) is 62.1 cm³/mol. The van der Waals surface area contributed by atoms with Crippen molar-refractivity contribution in [3.05, 3.63) is 0 Å². The number of ether oxygens (including phenoxy) is 1. The van der Waals surface area contributed by atoms with Crippen LogP contribution >= 0.6 is 0 Å². The molecule has 2 heterocycles. The maximum absolute atomic E-state index is 8.62. The van der Waals surface area contributed by atoms with E-state index in [1.54, 1.807) is 0 Å². The Morgan fingerprint density at radius 1 is 1.25 bits per heavy atom. The number of nitrogens with zero attached hydrogens (tertiary/aromatic N) is 2. The van der Waals surface area contributed by atoms with Gasteiger partial charge in [-0.1, -0.05) is 0 Å². The topological polar surface area (TPSA) is 48.3 Å². The van der Waals surface area contributed by atoms with E-state index in [1.165, 1.54) is 12.8 Å². The number of rotatable bonds is 3. The highest BCUT2D eigenvalue weighted by atomic mass is 16.5. The second-order valence-electron chi connectivity index (χ2n) is 4.79. The maximum atomic E-state index is 8.62. The van der Waals surface area contributed by atoms with Crippen LogP contribution in [0.2, 0.25) is 0 Å². The molecule has 4 nitrogen and oxygen atoms in total. The van der Waals surface area contributed by atoms with Crippen LogP contribution in [0, 0.1) is 11.3 Å². The first-order chi connectivity index (χ1) is 7.88. The minimum atomic E-state index is 0.557. The number of likely N-dealkylation sites (tertiary alicyclic amines) is 1. The summed E-state index contributed by atoms with van der Waals surface area (Å²) in [4.78, 5) is 2.23. The van der Waals surface area contributed by atoms with Crippen molar-refractivity contribution < 1.29 is 4.74 Å². The molecule has 0 spiro atoms. The number of nitrogens with one attached hydrogen (secondary N) is 1. The van der Waals surface area contributed by atoms with Gasteiger partial charge in [0.1, 0.15) is 0 Å². The molecule has 0 radical (unpaired) electrons. The summed E-state index contributed by atoms with van der Waals surface area (Å²) < 4.78 is 5.47.